The molecule has 1 N–H and O–H groups in total. The van der Waals surface area contributed by atoms with Gasteiger partial charge in [-0.15, -0.1) is 0 Å². The Kier molecular flexibility index (Phi) is 6.23. The number of hydrogen-bond acceptors (Lipinski definition) is 4. The van der Waals surface area contributed by atoms with Crippen molar-refractivity contribution in [3.8, 4) is 0 Å². The van der Waals surface area contributed by atoms with Crippen molar-refractivity contribution in [2.45, 2.75) is 56.9 Å². The molecule has 1 fully saturated rings. The Morgan fingerprint density at radius 1 is 1.17 bits per heavy atom. The van der Waals surface area contributed by atoms with Gasteiger partial charge < -0.3 is 5.11 Å². The van der Waals surface area contributed by atoms with Gasteiger partial charge in [0.25, 0.3) is 0 Å². The molecule has 0 aromatic heterocycles. The molecule has 0 atom stereocenters. The zero-order valence-corrected chi connectivity index (χ0v) is 15.1. The van der Waals surface area contributed by atoms with E-state index in [4.69, 9.17) is 0 Å². The minimum absolute atomic E-state index is 0.146. The molecule has 1 saturated carbocycles. The fraction of sp³-hybridized carbons (Fsp3) is 0.667. The molecular formula is C18H29NO3S. The summed E-state index contributed by atoms with van der Waals surface area (Å²) < 4.78 is 24.2. The monoisotopic (exact) mass is 339 g/mol. The number of hydrogen-bond donors (Lipinski definition) is 1. The van der Waals surface area contributed by atoms with Crippen LogP contribution in [0.5, 0.6) is 0 Å². The predicted octanol–water partition coefficient (Wildman–Crippen LogP) is 2.62. The summed E-state index contributed by atoms with van der Waals surface area (Å²) in [5, 5.41) is 10.3. The second-order valence-corrected chi connectivity index (χ2v) is 9.72. The third kappa shape index (κ3) is 5.59. The summed E-state index contributed by atoms with van der Waals surface area (Å²) in [5.41, 5.74) is 0.493. The van der Waals surface area contributed by atoms with Crippen molar-refractivity contribution >= 4 is 9.84 Å². The molecule has 0 saturated heterocycles. The maximum atomic E-state index is 12.1. The first-order chi connectivity index (χ1) is 10.8. The molecule has 0 radical (unpaired) electrons. The minimum Gasteiger partial charge on any atom is -0.389 e. The van der Waals surface area contributed by atoms with Crippen molar-refractivity contribution in [2.24, 2.45) is 0 Å². The van der Waals surface area contributed by atoms with Crippen molar-refractivity contribution in [3.63, 3.8) is 0 Å². The van der Waals surface area contributed by atoms with Crippen LogP contribution in [0.3, 0.4) is 0 Å². The standard InChI is InChI=1S/C18H29NO3S/c1-16(2)23(21,22)13-12-19(14-17-8-4-3-5-9-17)15-18(20)10-6-7-11-18/h3-5,8-9,16,20H,6-7,10-15H2,1-2H3. The Labute approximate surface area is 140 Å². The number of aliphatic hydroxyl groups is 1. The van der Waals surface area contributed by atoms with Crippen LogP contribution in [0.1, 0.15) is 45.1 Å². The number of rotatable bonds is 8. The number of benzene rings is 1. The zero-order valence-electron chi connectivity index (χ0n) is 14.2. The smallest absolute Gasteiger partial charge is 0.153 e. The number of nitrogens with zero attached hydrogens (tertiary/aromatic N) is 1. The van der Waals surface area contributed by atoms with Crippen LogP contribution in [0, 0.1) is 0 Å². The van der Waals surface area contributed by atoms with E-state index in [0.717, 1.165) is 31.2 Å². The van der Waals surface area contributed by atoms with E-state index in [1.54, 1.807) is 13.8 Å². The molecule has 4 nitrogen and oxygen atoms in total. The third-order valence-corrected chi connectivity index (χ3v) is 6.90. The first-order valence-electron chi connectivity index (χ1n) is 8.51. The average Bonchev–Trinajstić information content (AvgIpc) is 2.92. The lowest BCUT2D eigenvalue weighted by atomic mass is 10.0. The average molecular weight is 340 g/mol. The highest BCUT2D eigenvalue weighted by Crippen LogP contribution is 2.30. The van der Waals surface area contributed by atoms with Crippen LogP contribution in [0.2, 0.25) is 0 Å². The Bertz CT molecular complexity index is 578. The lowest BCUT2D eigenvalue weighted by molar-refractivity contribution is 0.00869. The predicted molar refractivity (Wildman–Crippen MR) is 94.1 cm³/mol. The van der Waals surface area contributed by atoms with Gasteiger partial charge in [0.2, 0.25) is 0 Å². The van der Waals surface area contributed by atoms with E-state index in [9.17, 15) is 13.5 Å². The van der Waals surface area contributed by atoms with Gasteiger partial charge in [-0.2, -0.15) is 0 Å². The van der Waals surface area contributed by atoms with E-state index < -0.39 is 15.4 Å². The van der Waals surface area contributed by atoms with Gasteiger partial charge >= 0.3 is 0 Å². The van der Waals surface area contributed by atoms with Crippen LogP contribution in [0.25, 0.3) is 0 Å². The summed E-state index contributed by atoms with van der Waals surface area (Å²) in [6.45, 7) is 5.15. The van der Waals surface area contributed by atoms with Crippen LogP contribution < -0.4 is 0 Å². The summed E-state index contributed by atoms with van der Waals surface area (Å²) in [4.78, 5) is 2.10. The minimum atomic E-state index is -3.06. The molecule has 0 bridgehead atoms. The first-order valence-corrected chi connectivity index (χ1v) is 10.2. The summed E-state index contributed by atoms with van der Waals surface area (Å²) in [7, 11) is -3.06. The Morgan fingerprint density at radius 3 is 2.35 bits per heavy atom. The number of sulfone groups is 1. The summed E-state index contributed by atoms with van der Waals surface area (Å²) in [6.07, 6.45) is 3.74. The van der Waals surface area contributed by atoms with Gasteiger partial charge in [-0.1, -0.05) is 43.2 Å². The second-order valence-electron chi connectivity index (χ2n) is 7.04. The maximum Gasteiger partial charge on any atom is 0.153 e. The molecule has 0 aliphatic heterocycles. The molecule has 5 heteroatoms. The van der Waals surface area contributed by atoms with Crippen LogP contribution >= 0.6 is 0 Å². The molecule has 1 aliphatic rings. The zero-order chi connectivity index (χ0) is 16.9. The fourth-order valence-electron chi connectivity index (χ4n) is 3.16. The summed E-state index contributed by atoms with van der Waals surface area (Å²) in [6, 6.07) is 10.0. The highest BCUT2D eigenvalue weighted by molar-refractivity contribution is 7.92. The van der Waals surface area contributed by atoms with Crippen molar-refractivity contribution in [1.29, 1.82) is 0 Å². The highest BCUT2D eigenvalue weighted by atomic mass is 32.2. The van der Waals surface area contributed by atoms with Gasteiger partial charge in [-0.3, -0.25) is 4.90 Å². The van der Waals surface area contributed by atoms with E-state index in [1.807, 2.05) is 30.3 Å². The largest absolute Gasteiger partial charge is 0.389 e. The van der Waals surface area contributed by atoms with Gasteiger partial charge in [0.05, 0.1) is 16.6 Å². The van der Waals surface area contributed by atoms with E-state index in [2.05, 4.69) is 4.90 Å². The molecule has 0 heterocycles. The molecule has 1 aromatic carbocycles. The molecule has 2 rings (SSSR count). The van der Waals surface area contributed by atoms with E-state index >= 15 is 0 Å². The molecular weight excluding hydrogens is 310 g/mol. The third-order valence-electron chi connectivity index (χ3n) is 4.71. The van der Waals surface area contributed by atoms with Crippen LogP contribution in [0.15, 0.2) is 30.3 Å². The maximum absolute atomic E-state index is 12.1. The van der Waals surface area contributed by atoms with Crippen molar-refractivity contribution in [3.05, 3.63) is 35.9 Å². The second kappa shape index (κ2) is 7.77. The topological polar surface area (TPSA) is 57.6 Å². The first kappa shape index (κ1) is 18.4. The molecule has 0 spiro atoms. The van der Waals surface area contributed by atoms with Gasteiger partial charge in [0, 0.05) is 19.6 Å². The molecule has 1 aromatic rings. The normalized spacial score (nSPS) is 18.0. The highest BCUT2D eigenvalue weighted by Gasteiger charge is 2.33. The Morgan fingerprint density at radius 2 is 1.78 bits per heavy atom. The van der Waals surface area contributed by atoms with Gasteiger partial charge in [-0.25, -0.2) is 8.42 Å². The summed E-state index contributed by atoms with van der Waals surface area (Å²) in [5.74, 6) is 0.146. The molecule has 0 unspecified atom stereocenters. The molecule has 0 amide bonds. The van der Waals surface area contributed by atoms with Crippen LogP contribution in [0.4, 0.5) is 0 Å². The SMILES string of the molecule is CC(C)S(=O)(=O)CCN(Cc1ccccc1)CC1(O)CCCC1. The van der Waals surface area contributed by atoms with Crippen molar-refractivity contribution < 1.29 is 13.5 Å². The fourth-order valence-corrected chi connectivity index (χ4v) is 4.14. The lowest BCUT2D eigenvalue weighted by Gasteiger charge is -2.31. The van der Waals surface area contributed by atoms with Gasteiger partial charge in [0.15, 0.2) is 9.84 Å². The van der Waals surface area contributed by atoms with Crippen LogP contribution in [-0.2, 0) is 16.4 Å². The molecule has 130 valence electrons. The lowest BCUT2D eigenvalue weighted by Crippen LogP contribution is -2.43. The van der Waals surface area contributed by atoms with Gasteiger partial charge in [-0.05, 0) is 32.3 Å². The Balaban J connectivity index is 2.04. The quantitative estimate of drug-likeness (QED) is 0.791. The van der Waals surface area contributed by atoms with Crippen molar-refractivity contribution in [1.82, 2.24) is 4.90 Å². The van der Waals surface area contributed by atoms with Crippen molar-refractivity contribution in [2.75, 3.05) is 18.8 Å². The van der Waals surface area contributed by atoms with E-state index in [-0.39, 0.29) is 11.0 Å². The van der Waals surface area contributed by atoms with Crippen LogP contribution in [-0.4, -0.2) is 48.1 Å². The summed E-state index contributed by atoms with van der Waals surface area (Å²) >= 11 is 0. The van der Waals surface area contributed by atoms with E-state index in [1.165, 1.54) is 0 Å². The van der Waals surface area contributed by atoms with Gasteiger partial charge in [0.1, 0.15) is 0 Å². The van der Waals surface area contributed by atoms with E-state index in [0.29, 0.717) is 19.6 Å². The Hall–Kier alpha value is -0.910. The molecule has 23 heavy (non-hydrogen) atoms. The molecule has 1 aliphatic carbocycles.